The average Bonchev–Trinajstić information content (AvgIpc) is 3.36. The lowest BCUT2D eigenvalue weighted by atomic mass is 10.1. The van der Waals surface area contributed by atoms with Gasteiger partial charge < -0.3 is 19.4 Å². The van der Waals surface area contributed by atoms with E-state index in [1.54, 1.807) is 6.20 Å². The summed E-state index contributed by atoms with van der Waals surface area (Å²) in [5.74, 6) is 0.267. The highest BCUT2D eigenvalue weighted by Crippen LogP contribution is 2.32. The Bertz CT molecular complexity index is 1540. The number of rotatable bonds is 10. The van der Waals surface area contributed by atoms with Crippen LogP contribution in [0.25, 0.3) is 5.69 Å². The van der Waals surface area contributed by atoms with Gasteiger partial charge in [0.05, 0.1) is 30.5 Å². The van der Waals surface area contributed by atoms with Gasteiger partial charge in [-0.05, 0) is 55.0 Å². The van der Waals surface area contributed by atoms with Gasteiger partial charge in [0, 0.05) is 25.0 Å². The monoisotopic (exact) mass is 538 g/mol. The van der Waals surface area contributed by atoms with Gasteiger partial charge in [-0.2, -0.15) is 0 Å². The molecule has 0 spiro atoms. The molecule has 1 aromatic heterocycles. The molecule has 0 unspecified atom stereocenters. The first-order valence-electron chi connectivity index (χ1n) is 11.6. The molecule has 1 heterocycles. The van der Waals surface area contributed by atoms with E-state index in [4.69, 9.17) is 9.47 Å². The van der Waals surface area contributed by atoms with Crippen molar-refractivity contribution >= 4 is 21.6 Å². The normalized spacial score (nSPS) is 11.2. The van der Waals surface area contributed by atoms with Crippen LogP contribution in [0.3, 0.4) is 0 Å². The number of aromatic nitrogens is 2. The van der Waals surface area contributed by atoms with Gasteiger partial charge in [0.25, 0.3) is 10.0 Å². The average molecular weight is 539 g/mol. The molecule has 4 rings (SSSR count). The van der Waals surface area contributed by atoms with E-state index in [0.717, 1.165) is 33.5 Å². The van der Waals surface area contributed by atoms with E-state index in [9.17, 15) is 17.6 Å². The molecule has 0 atom stereocenters. The molecule has 0 saturated carbocycles. The Labute approximate surface area is 220 Å². The SMILES string of the molecule is COc1ccc(S(=O)(=O)N(CC(=O)NCc2ccccc2-n2ccnc2C)c2ccc(F)cc2)cc1OC. The molecule has 0 aliphatic carbocycles. The predicted molar refractivity (Wildman–Crippen MR) is 141 cm³/mol. The van der Waals surface area contributed by atoms with Crippen LogP contribution in [-0.2, 0) is 21.4 Å². The molecule has 11 heteroatoms. The number of sulfonamides is 1. The first-order valence-corrected chi connectivity index (χ1v) is 13.0. The third-order valence-electron chi connectivity index (χ3n) is 5.90. The standard InChI is InChI=1S/C27H27FN4O5S/c1-19-29-14-15-31(19)24-7-5-4-6-20(24)17-30-27(33)18-32(22-10-8-21(28)9-11-22)38(34,35)23-12-13-25(36-2)26(16-23)37-3/h4-16H,17-18H2,1-3H3,(H,30,33). The van der Waals surface area contributed by atoms with Crippen LogP contribution in [0.2, 0.25) is 0 Å². The van der Waals surface area contributed by atoms with Crippen LogP contribution in [0.15, 0.2) is 84.0 Å². The Morgan fingerprint density at radius 1 is 1.03 bits per heavy atom. The Hall–Kier alpha value is -4.38. The summed E-state index contributed by atoms with van der Waals surface area (Å²) in [6.07, 6.45) is 3.51. The summed E-state index contributed by atoms with van der Waals surface area (Å²) in [4.78, 5) is 17.2. The minimum Gasteiger partial charge on any atom is -0.493 e. The molecule has 9 nitrogen and oxygen atoms in total. The van der Waals surface area contributed by atoms with Crippen LogP contribution < -0.4 is 19.1 Å². The number of nitrogens with zero attached hydrogens (tertiary/aromatic N) is 3. The number of ether oxygens (including phenoxy) is 2. The zero-order valence-electron chi connectivity index (χ0n) is 21.1. The molecule has 198 valence electrons. The number of halogens is 1. The second-order valence-corrected chi connectivity index (χ2v) is 10.1. The number of benzene rings is 3. The number of imidazole rings is 1. The van der Waals surface area contributed by atoms with Gasteiger partial charge in [0.1, 0.15) is 18.2 Å². The molecule has 4 aromatic rings. The quantitative estimate of drug-likeness (QED) is 0.329. The van der Waals surface area contributed by atoms with Crippen molar-refractivity contribution < 1.29 is 27.1 Å². The largest absolute Gasteiger partial charge is 0.493 e. The highest BCUT2D eigenvalue weighted by atomic mass is 32.2. The fraction of sp³-hybridized carbons (Fsp3) is 0.185. The number of anilines is 1. The van der Waals surface area contributed by atoms with E-state index in [-0.39, 0.29) is 22.9 Å². The van der Waals surface area contributed by atoms with Gasteiger partial charge in [-0.1, -0.05) is 18.2 Å². The summed E-state index contributed by atoms with van der Waals surface area (Å²) in [6, 6.07) is 16.5. The summed E-state index contributed by atoms with van der Waals surface area (Å²) >= 11 is 0. The highest BCUT2D eigenvalue weighted by molar-refractivity contribution is 7.92. The summed E-state index contributed by atoms with van der Waals surface area (Å²) < 4.78 is 54.3. The van der Waals surface area contributed by atoms with E-state index >= 15 is 0 Å². The predicted octanol–water partition coefficient (Wildman–Crippen LogP) is 3.85. The van der Waals surface area contributed by atoms with Crippen LogP contribution in [0, 0.1) is 12.7 Å². The topological polar surface area (TPSA) is 103 Å². The van der Waals surface area contributed by atoms with Crippen molar-refractivity contribution in [3.05, 3.63) is 96.3 Å². The highest BCUT2D eigenvalue weighted by Gasteiger charge is 2.28. The maximum Gasteiger partial charge on any atom is 0.264 e. The first kappa shape index (κ1) is 26.7. The van der Waals surface area contributed by atoms with E-state index in [2.05, 4.69) is 10.3 Å². The molecule has 0 aliphatic heterocycles. The van der Waals surface area contributed by atoms with Crippen molar-refractivity contribution in [1.82, 2.24) is 14.9 Å². The number of aryl methyl sites for hydroxylation is 1. The van der Waals surface area contributed by atoms with Gasteiger partial charge in [0.15, 0.2) is 11.5 Å². The first-order chi connectivity index (χ1) is 18.2. The number of para-hydroxylation sites is 1. The van der Waals surface area contributed by atoms with Crippen molar-refractivity contribution in [1.29, 1.82) is 0 Å². The van der Waals surface area contributed by atoms with Crippen molar-refractivity contribution in [2.45, 2.75) is 18.4 Å². The summed E-state index contributed by atoms with van der Waals surface area (Å²) in [5.41, 5.74) is 1.79. The Balaban J connectivity index is 1.61. The van der Waals surface area contributed by atoms with Crippen LogP contribution in [-0.4, -0.2) is 44.6 Å². The van der Waals surface area contributed by atoms with E-state index in [0.29, 0.717) is 5.75 Å². The van der Waals surface area contributed by atoms with E-state index in [1.807, 2.05) is 42.0 Å². The van der Waals surface area contributed by atoms with Gasteiger partial charge in [-0.3, -0.25) is 9.10 Å². The second-order valence-electron chi connectivity index (χ2n) is 8.25. The summed E-state index contributed by atoms with van der Waals surface area (Å²) in [6.45, 7) is 1.49. The van der Waals surface area contributed by atoms with Crippen LogP contribution in [0.1, 0.15) is 11.4 Å². The third-order valence-corrected chi connectivity index (χ3v) is 7.67. The maximum atomic E-state index is 13.7. The number of hydrogen-bond acceptors (Lipinski definition) is 6. The molecular weight excluding hydrogens is 511 g/mol. The van der Waals surface area contributed by atoms with Crippen molar-refractivity contribution in [3.63, 3.8) is 0 Å². The molecule has 3 aromatic carbocycles. The maximum absolute atomic E-state index is 13.7. The Morgan fingerprint density at radius 2 is 1.74 bits per heavy atom. The third kappa shape index (κ3) is 5.62. The van der Waals surface area contributed by atoms with Crippen LogP contribution in [0.4, 0.5) is 10.1 Å². The molecule has 0 aliphatic rings. The second kappa shape index (κ2) is 11.3. The van der Waals surface area contributed by atoms with E-state index in [1.165, 1.54) is 44.6 Å². The zero-order valence-corrected chi connectivity index (χ0v) is 21.9. The number of carbonyl (C=O) groups excluding carboxylic acids is 1. The van der Waals surface area contributed by atoms with Gasteiger partial charge in [0.2, 0.25) is 5.91 Å². The van der Waals surface area contributed by atoms with Gasteiger partial charge in [-0.25, -0.2) is 17.8 Å². The van der Waals surface area contributed by atoms with Gasteiger partial charge in [-0.15, -0.1) is 0 Å². The lowest BCUT2D eigenvalue weighted by Crippen LogP contribution is -2.40. The molecule has 38 heavy (non-hydrogen) atoms. The molecule has 0 saturated heterocycles. The number of methoxy groups -OCH3 is 2. The molecular formula is C27H27FN4O5S. The Kier molecular flexibility index (Phi) is 7.96. The van der Waals surface area contributed by atoms with Gasteiger partial charge >= 0.3 is 0 Å². The van der Waals surface area contributed by atoms with Crippen LogP contribution in [0.5, 0.6) is 11.5 Å². The van der Waals surface area contributed by atoms with Crippen molar-refractivity contribution in [2.75, 3.05) is 25.1 Å². The molecule has 0 radical (unpaired) electrons. The fourth-order valence-electron chi connectivity index (χ4n) is 3.93. The molecule has 1 amide bonds. The van der Waals surface area contributed by atoms with Crippen molar-refractivity contribution in [3.8, 4) is 17.2 Å². The summed E-state index contributed by atoms with van der Waals surface area (Å²) in [5, 5.41) is 2.80. The lowest BCUT2D eigenvalue weighted by molar-refractivity contribution is -0.119. The van der Waals surface area contributed by atoms with Crippen molar-refractivity contribution in [2.24, 2.45) is 0 Å². The number of nitrogens with one attached hydrogen (secondary N) is 1. The minimum atomic E-state index is -4.25. The zero-order chi connectivity index (χ0) is 27.3. The number of carbonyl (C=O) groups is 1. The van der Waals surface area contributed by atoms with E-state index < -0.39 is 28.3 Å². The molecule has 0 bridgehead atoms. The summed E-state index contributed by atoms with van der Waals surface area (Å²) in [7, 11) is -1.42. The van der Waals surface area contributed by atoms with Crippen LogP contribution >= 0.6 is 0 Å². The number of amides is 1. The lowest BCUT2D eigenvalue weighted by Gasteiger charge is -2.24. The molecule has 0 fully saturated rings. The Morgan fingerprint density at radius 3 is 2.39 bits per heavy atom. The number of hydrogen-bond donors (Lipinski definition) is 1. The smallest absolute Gasteiger partial charge is 0.264 e. The molecule has 1 N–H and O–H groups in total. The fourth-order valence-corrected chi connectivity index (χ4v) is 5.37. The minimum absolute atomic E-state index is 0.117.